The Hall–Kier alpha value is -1.63. The second-order valence-corrected chi connectivity index (χ2v) is 6.26. The van der Waals surface area contributed by atoms with Crippen molar-refractivity contribution in [2.24, 2.45) is 7.05 Å². The average molecular weight is 293 g/mol. The normalized spacial score (nSPS) is 19.2. The number of aromatic nitrogens is 3. The van der Waals surface area contributed by atoms with Crippen molar-refractivity contribution in [1.29, 1.82) is 0 Å². The molecule has 3 rings (SSSR count). The molecule has 0 aliphatic carbocycles. The highest BCUT2D eigenvalue weighted by Crippen LogP contribution is 2.29. The highest BCUT2D eigenvalue weighted by molar-refractivity contribution is 7.22. The molecule has 1 unspecified atom stereocenters. The first-order chi connectivity index (χ1) is 9.58. The van der Waals surface area contributed by atoms with Crippen LogP contribution in [0.15, 0.2) is 0 Å². The fraction of sp³-hybridized carbons (Fsp3) is 0.615. The molecule has 1 saturated heterocycles. The molecule has 3 heterocycles. The SMILES string of the molecule is CCCN1CC(Nc2nc3c(s2)c(C)nn3C)CC1=O. The number of hydrogen-bond donors (Lipinski definition) is 1. The molecule has 0 radical (unpaired) electrons. The van der Waals surface area contributed by atoms with Crippen molar-refractivity contribution in [3.05, 3.63) is 5.69 Å². The summed E-state index contributed by atoms with van der Waals surface area (Å²) in [7, 11) is 1.90. The first-order valence-corrected chi connectivity index (χ1v) is 7.74. The monoisotopic (exact) mass is 293 g/mol. The molecule has 0 bridgehead atoms. The molecule has 20 heavy (non-hydrogen) atoms. The zero-order chi connectivity index (χ0) is 14.3. The summed E-state index contributed by atoms with van der Waals surface area (Å²) in [4.78, 5) is 18.3. The quantitative estimate of drug-likeness (QED) is 0.933. The van der Waals surface area contributed by atoms with E-state index in [-0.39, 0.29) is 11.9 Å². The molecule has 1 N–H and O–H groups in total. The van der Waals surface area contributed by atoms with Gasteiger partial charge in [0.1, 0.15) is 0 Å². The third kappa shape index (κ3) is 2.26. The van der Waals surface area contributed by atoms with Crippen LogP contribution in [0, 0.1) is 6.92 Å². The van der Waals surface area contributed by atoms with Gasteiger partial charge < -0.3 is 10.2 Å². The first kappa shape index (κ1) is 13.4. The number of aryl methyl sites for hydroxylation is 2. The van der Waals surface area contributed by atoms with Gasteiger partial charge in [0.2, 0.25) is 5.91 Å². The molecular weight excluding hydrogens is 274 g/mol. The number of anilines is 1. The average Bonchev–Trinajstić information content (AvgIpc) is 3.01. The number of nitrogens with zero attached hydrogens (tertiary/aromatic N) is 4. The summed E-state index contributed by atoms with van der Waals surface area (Å²) in [5.74, 6) is 0.239. The Morgan fingerprint density at radius 2 is 2.30 bits per heavy atom. The van der Waals surface area contributed by atoms with E-state index in [9.17, 15) is 4.79 Å². The summed E-state index contributed by atoms with van der Waals surface area (Å²) < 4.78 is 2.92. The lowest BCUT2D eigenvalue weighted by atomic mass is 10.3. The number of hydrogen-bond acceptors (Lipinski definition) is 5. The van der Waals surface area contributed by atoms with E-state index >= 15 is 0 Å². The van der Waals surface area contributed by atoms with E-state index in [2.05, 4.69) is 22.3 Å². The molecule has 0 aromatic carbocycles. The third-order valence-corrected chi connectivity index (χ3v) is 4.66. The number of amides is 1. The predicted molar refractivity (Wildman–Crippen MR) is 80.0 cm³/mol. The predicted octanol–water partition coefficient (Wildman–Crippen LogP) is 1.76. The van der Waals surface area contributed by atoms with Gasteiger partial charge in [-0.15, -0.1) is 0 Å². The minimum atomic E-state index is 0.169. The van der Waals surface area contributed by atoms with Crippen LogP contribution in [0.2, 0.25) is 0 Å². The molecule has 1 atom stereocenters. The van der Waals surface area contributed by atoms with Gasteiger partial charge in [-0.05, 0) is 13.3 Å². The van der Waals surface area contributed by atoms with Gasteiger partial charge in [0, 0.05) is 26.6 Å². The second kappa shape index (κ2) is 5.05. The Bertz CT molecular complexity index is 612. The Morgan fingerprint density at radius 3 is 3.00 bits per heavy atom. The maximum Gasteiger partial charge on any atom is 0.224 e. The number of fused-ring (bicyclic) bond motifs is 1. The van der Waals surface area contributed by atoms with Crippen LogP contribution in [0.5, 0.6) is 0 Å². The molecule has 7 heteroatoms. The third-order valence-electron chi connectivity index (χ3n) is 3.58. The fourth-order valence-corrected chi connectivity index (χ4v) is 3.68. The first-order valence-electron chi connectivity index (χ1n) is 6.93. The number of nitrogens with one attached hydrogen (secondary N) is 1. The van der Waals surface area contributed by atoms with Crippen molar-refractivity contribution in [3.63, 3.8) is 0 Å². The Labute approximate surface area is 121 Å². The smallest absolute Gasteiger partial charge is 0.224 e. The van der Waals surface area contributed by atoms with Gasteiger partial charge in [0.05, 0.1) is 16.4 Å². The molecule has 0 saturated carbocycles. The van der Waals surface area contributed by atoms with Gasteiger partial charge in [0.25, 0.3) is 0 Å². The molecule has 1 aliphatic heterocycles. The summed E-state index contributed by atoms with van der Waals surface area (Å²) in [5, 5.41) is 8.62. The Kier molecular flexibility index (Phi) is 3.37. The lowest BCUT2D eigenvalue weighted by Gasteiger charge is -2.15. The van der Waals surface area contributed by atoms with Crippen LogP contribution in [0.4, 0.5) is 5.13 Å². The minimum absolute atomic E-state index is 0.169. The molecule has 1 aliphatic rings. The van der Waals surface area contributed by atoms with Crippen LogP contribution >= 0.6 is 11.3 Å². The lowest BCUT2D eigenvalue weighted by molar-refractivity contribution is -0.127. The van der Waals surface area contributed by atoms with Crippen LogP contribution in [-0.2, 0) is 11.8 Å². The molecule has 2 aromatic rings. The zero-order valence-electron chi connectivity index (χ0n) is 12.0. The lowest BCUT2D eigenvalue weighted by Crippen LogP contribution is -2.28. The highest BCUT2D eigenvalue weighted by Gasteiger charge is 2.29. The topological polar surface area (TPSA) is 63.0 Å². The van der Waals surface area contributed by atoms with Crippen molar-refractivity contribution in [2.45, 2.75) is 32.7 Å². The maximum absolute atomic E-state index is 11.9. The molecule has 0 spiro atoms. The van der Waals surface area contributed by atoms with E-state index in [0.29, 0.717) is 6.42 Å². The second-order valence-electron chi connectivity index (χ2n) is 5.27. The van der Waals surface area contributed by atoms with Crippen molar-refractivity contribution in [2.75, 3.05) is 18.4 Å². The number of likely N-dealkylation sites (tertiary alicyclic amines) is 1. The molecule has 1 fully saturated rings. The van der Waals surface area contributed by atoms with E-state index in [1.54, 1.807) is 16.0 Å². The zero-order valence-corrected chi connectivity index (χ0v) is 12.8. The van der Waals surface area contributed by atoms with E-state index in [4.69, 9.17) is 0 Å². The Balaban J connectivity index is 1.74. The van der Waals surface area contributed by atoms with Crippen LogP contribution in [0.3, 0.4) is 0 Å². The standard InChI is InChI=1S/C13H19N5OS/c1-4-5-18-7-9(6-10(18)19)14-13-15-12-11(20-13)8(2)16-17(12)3/h9H,4-7H2,1-3H3,(H,14,15). The van der Waals surface area contributed by atoms with Gasteiger partial charge in [-0.1, -0.05) is 18.3 Å². The summed E-state index contributed by atoms with van der Waals surface area (Å²) in [5.41, 5.74) is 1.91. The van der Waals surface area contributed by atoms with Gasteiger partial charge in [-0.3, -0.25) is 4.79 Å². The van der Waals surface area contributed by atoms with Crippen LogP contribution < -0.4 is 5.32 Å². The van der Waals surface area contributed by atoms with E-state index in [1.165, 1.54) is 0 Å². The van der Waals surface area contributed by atoms with E-state index in [1.807, 2.05) is 18.9 Å². The van der Waals surface area contributed by atoms with Crippen LogP contribution in [0.25, 0.3) is 10.3 Å². The molecular formula is C13H19N5OS. The number of thiazole rings is 1. The molecule has 1 amide bonds. The van der Waals surface area contributed by atoms with Gasteiger partial charge in [-0.2, -0.15) is 5.10 Å². The summed E-state index contributed by atoms with van der Waals surface area (Å²) >= 11 is 1.61. The number of rotatable bonds is 4. The van der Waals surface area contributed by atoms with Gasteiger partial charge in [0.15, 0.2) is 10.8 Å². The highest BCUT2D eigenvalue weighted by atomic mass is 32.1. The van der Waals surface area contributed by atoms with Gasteiger partial charge in [-0.25, -0.2) is 9.67 Å². The largest absolute Gasteiger partial charge is 0.356 e. The fourth-order valence-electron chi connectivity index (χ4n) is 2.68. The van der Waals surface area contributed by atoms with Crippen LogP contribution in [-0.4, -0.2) is 44.7 Å². The van der Waals surface area contributed by atoms with Crippen LogP contribution in [0.1, 0.15) is 25.5 Å². The van der Waals surface area contributed by atoms with E-state index in [0.717, 1.165) is 40.7 Å². The van der Waals surface area contributed by atoms with Crippen molar-refractivity contribution in [1.82, 2.24) is 19.7 Å². The summed E-state index contributed by atoms with van der Waals surface area (Å²) in [6.45, 7) is 5.71. The van der Waals surface area contributed by atoms with Crippen molar-refractivity contribution >= 4 is 32.7 Å². The molecule has 6 nitrogen and oxygen atoms in total. The van der Waals surface area contributed by atoms with Crippen molar-refractivity contribution in [3.8, 4) is 0 Å². The van der Waals surface area contributed by atoms with Gasteiger partial charge >= 0.3 is 0 Å². The summed E-state index contributed by atoms with van der Waals surface area (Å²) in [6.07, 6.45) is 1.57. The number of carbonyl (C=O) groups is 1. The van der Waals surface area contributed by atoms with E-state index < -0.39 is 0 Å². The molecule has 108 valence electrons. The number of carbonyl (C=O) groups excluding carboxylic acids is 1. The molecule has 2 aromatic heterocycles. The summed E-state index contributed by atoms with van der Waals surface area (Å²) in [6, 6.07) is 0.169. The maximum atomic E-state index is 11.9. The Morgan fingerprint density at radius 1 is 1.50 bits per heavy atom. The minimum Gasteiger partial charge on any atom is -0.356 e. The van der Waals surface area contributed by atoms with Crippen molar-refractivity contribution < 1.29 is 4.79 Å².